The SMILES string of the molecule is c1ccc([Si](c2ccccc2)(c2ccccc2)c2ccc(-c3cc(-n4c5ccccc5n5c6ccccc6nc45)nc(-n4c5ccccc5n5c6ccc(-c7ccc8nc9n(-c%10cc([Si](c%11ccccc%11)(c%11ccccc%11)c%11ccc%12oc%13ccccc%13c%12c%11)cc(-n%11c%12ccccc%12c%12ccccc%12%11)n%10)c%10ccccc%10n9c8c7)cc6nc45)c3)cc2)cc1. The molecule has 0 saturated carbocycles. The van der Waals surface area contributed by atoms with Gasteiger partial charge in [0, 0.05) is 21.5 Å². The maximum atomic E-state index is 6.61. The molecule has 16 aromatic carbocycles. The van der Waals surface area contributed by atoms with Gasteiger partial charge in [-0.3, -0.25) is 31.5 Å². The predicted molar refractivity (Wildman–Crippen MR) is 511 cm³/mol. The normalized spacial score (nSPS) is 12.4. The van der Waals surface area contributed by atoms with Crippen LogP contribution in [-0.4, -0.2) is 72.5 Å². The molecule has 0 aliphatic rings. The molecular weight excluding hydrogens is 1550 g/mol. The van der Waals surface area contributed by atoms with Crippen molar-refractivity contribution in [2.75, 3.05) is 0 Å². The number of rotatable bonds is 14. The van der Waals surface area contributed by atoms with Crippen molar-refractivity contribution in [1.82, 2.24) is 56.4 Å². The molecule has 13 nitrogen and oxygen atoms in total. The van der Waals surface area contributed by atoms with Gasteiger partial charge < -0.3 is 4.42 Å². The van der Waals surface area contributed by atoms with Crippen molar-refractivity contribution < 1.29 is 4.42 Å². The Morgan fingerprint density at radius 1 is 0.177 bits per heavy atom. The molecule has 10 heterocycles. The van der Waals surface area contributed by atoms with Crippen molar-refractivity contribution >= 4 is 185 Å². The Balaban J connectivity index is 0.657. The van der Waals surface area contributed by atoms with Gasteiger partial charge in [0.05, 0.1) is 77.2 Å². The zero-order valence-electron chi connectivity index (χ0n) is 66.7. The summed E-state index contributed by atoms with van der Waals surface area (Å²) in [4.78, 5) is 28.7. The molecule has 124 heavy (non-hydrogen) atoms. The van der Waals surface area contributed by atoms with E-state index in [1.165, 1.54) is 36.3 Å². The number of fused-ring (bicyclic) bond motifs is 21. The Labute approximate surface area is 711 Å². The highest BCUT2D eigenvalue weighted by Gasteiger charge is 2.44. The van der Waals surface area contributed by atoms with Crippen LogP contribution in [0.3, 0.4) is 0 Å². The lowest BCUT2D eigenvalue weighted by atomic mass is 10.0. The Bertz CT molecular complexity index is 8640. The number of hydrogen-bond acceptors (Lipinski definition) is 6. The molecule has 0 aliphatic heterocycles. The number of nitrogens with zero attached hydrogens (tertiary/aromatic N) is 12. The highest BCUT2D eigenvalue weighted by atomic mass is 28.3. The quantitative estimate of drug-likeness (QED) is 0.0792. The van der Waals surface area contributed by atoms with Gasteiger partial charge in [-0.25, -0.2) is 24.9 Å². The summed E-state index contributed by atoms with van der Waals surface area (Å²) in [6.45, 7) is 0. The molecule has 26 rings (SSSR count). The van der Waals surface area contributed by atoms with E-state index >= 15 is 0 Å². The van der Waals surface area contributed by atoms with E-state index in [9.17, 15) is 0 Å². The molecule has 0 unspecified atom stereocenters. The van der Waals surface area contributed by atoms with E-state index in [0.717, 1.165) is 172 Å². The molecule has 10 aromatic heterocycles. The van der Waals surface area contributed by atoms with Gasteiger partial charge in [-0.1, -0.05) is 303 Å². The van der Waals surface area contributed by atoms with Gasteiger partial charge >= 0.3 is 0 Å². The standard InChI is InChI=1S/C109H70N12OSi2/c1-6-30-75(31-7-1)123(76-32-8-2-9-33-76,77-34-10-3-11-35-77)80-58-54-71(55-59-80)74-66-103(119-97-50-26-23-47-94(97)116-92-46-22-19-43-87(92)110-107(116)119)113-104(67-74)120-98-51-27-24-48-95(98)117-93-62-57-72(64-89(93)112-109(117)120)73-56-61-88-100(65-73)118-96-49-25-28-52-99(96)121(108(118)111-88)106-70-82(69-105(114-106)115-90-44-20-16-40-83(90)84-41-17-21-45-91(84)115)124(78-36-12-4-13-37-78,79-38-14-5-15-39-79)81-60-63-102-86(68-81)85-42-18-29-53-101(85)122-102/h1-70H. The number of aromatic nitrogens is 12. The van der Waals surface area contributed by atoms with Crippen molar-refractivity contribution in [3.8, 4) is 45.5 Å². The molecule has 0 amide bonds. The van der Waals surface area contributed by atoms with Gasteiger partial charge in [-0.05, 0) is 185 Å². The maximum Gasteiger partial charge on any atom is 0.221 e. The van der Waals surface area contributed by atoms with Crippen molar-refractivity contribution in [1.29, 1.82) is 0 Å². The van der Waals surface area contributed by atoms with Crippen LogP contribution in [0.4, 0.5) is 0 Å². The van der Waals surface area contributed by atoms with E-state index in [-0.39, 0.29) is 0 Å². The molecule has 0 aliphatic carbocycles. The molecule has 15 heteroatoms. The minimum absolute atomic E-state index is 0.709. The van der Waals surface area contributed by atoms with E-state index in [2.05, 4.69) is 450 Å². The predicted octanol–water partition coefficient (Wildman–Crippen LogP) is 19.8. The number of imidazole rings is 6. The van der Waals surface area contributed by atoms with Gasteiger partial charge in [0.25, 0.3) is 0 Å². The lowest BCUT2D eigenvalue weighted by Crippen LogP contribution is -2.74. The van der Waals surface area contributed by atoms with Crippen LogP contribution < -0.4 is 41.5 Å². The number of pyridine rings is 2. The van der Waals surface area contributed by atoms with Crippen LogP contribution in [0.2, 0.25) is 0 Å². The molecule has 0 spiro atoms. The number of para-hydroxylation sites is 11. The molecule has 0 radical (unpaired) electrons. The van der Waals surface area contributed by atoms with Crippen molar-refractivity contribution in [3.63, 3.8) is 0 Å². The summed E-state index contributed by atoms with van der Waals surface area (Å²) in [6, 6.07) is 155. The van der Waals surface area contributed by atoms with Gasteiger partial charge in [-0.2, -0.15) is 0 Å². The first kappa shape index (κ1) is 69.6. The van der Waals surface area contributed by atoms with Gasteiger partial charge in [0.1, 0.15) is 34.4 Å². The first-order chi connectivity index (χ1) is 61.5. The Morgan fingerprint density at radius 3 is 1.04 bits per heavy atom. The Hall–Kier alpha value is -16.3. The minimum Gasteiger partial charge on any atom is -0.456 e. The molecule has 580 valence electrons. The maximum absolute atomic E-state index is 6.61. The smallest absolute Gasteiger partial charge is 0.221 e. The number of benzene rings is 16. The molecule has 0 fully saturated rings. The highest BCUT2D eigenvalue weighted by molar-refractivity contribution is 7.20. The van der Waals surface area contributed by atoms with Crippen LogP contribution in [0.5, 0.6) is 0 Å². The lowest BCUT2D eigenvalue weighted by molar-refractivity contribution is 0.669. The van der Waals surface area contributed by atoms with E-state index in [0.29, 0.717) is 5.82 Å². The molecule has 26 aromatic rings. The van der Waals surface area contributed by atoms with E-state index in [4.69, 9.17) is 29.3 Å². The van der Waals surface area contributed by atoms with Crippen LogP contribution in [-0.2, 0) is 0 Å². The Kier molecular flexibility index (Phi) is 15.2. The van der Waals surface area contributed by atoms with E-state index in [1.807, 2.05) is 6.07 Å². The largest absolute Gasteiger partial charge is 0.456 e. The molecule has 0 N–H and O–H groups in total. The van der Waals surface area contributed by atoms with E-state index < -0.39 is 16.1 Å². The first-order valence-corrected chi connectivity index (χ1v) is 46.0. The second-order valence-corrected chi connectivity index (χ2v) is 40.0. The average Bonchev–Trinajstić information content (AvgIpc) is 1.59. The van der Waals surface area contributed by atoms with Gasteiger partial charge in [-0.15, -0.1) is 0 Å². The van der Waals surface area contributed by atoms with Crippen LogP contribution >= 0.6 is 0 Å². The monoisotopic (exact) mass is 1620 g/mol. The molecule has 0 atom stereocenters. The fraction of sp³-hybridized carbons (Fsp3) is 0. The summed E-state index contributed by atoms with van der Waals surface area (Å²) in [5, 5.41) is 14.5. The summed E-state index contributed by atoms with van der Waals surface area (Å²) in [5.74, 6) is 5.22. The highest BCUT2D eigenvalue weighted by Crippen LogP contribution is 2.40. The summed E-state index contributed by atoms with van der Waals surface area (Å²) in [6.07, 6.45) is 0. The zero-order valence-corrected chi connectivity index (χ0v) is 68.7. The van der Waals surface area contributed by atoms with Crippen molar-refractivity contribution in [2.45, 2.75) is 0 Å². The summed E-state index contributed by atoms with van der Waals surface area (Å²) in [5.41, 5.74) is 19.4. The second-order valence-electron chi connectivity index (χ2n) is 32.3. The Morgan fingerprint density at radius 2 is 0.524 bits per heavy atom. The summed E-state index contributed by atoms with van der Waals surface area (Å²) < 4.78 is 22.6. The molecule has 0 bridgehead atoms. The van der Waals surface area contributed by atoms with Crippen molar-refractivity contribution in [2.24, 2.45) is 0 Å². The van der Waals surface area contributed by atoms with Crippen LogP contribution in [0.1, 0.15) is 0 Å². The first-order valence-electron chi connectivity index (χ1n) is 42.0. The third kappa shape index (κ3) is 10.2. The molecular formula is C109H70N12OSi2. The van der Waals surface area contributed by atoms with Gasteiger partial charge in [0.15, 0.2) is 16.1 Å². The van der Waals surface area contributed by atoms with Crippen molar-refractivity contribution in [3.05, 3.63) is 425 Å². The topological polar surface area (TPSA) is 111 Å². The molecule has 0 saturated heterocycles. The third-order valence-electron chi connectivity index (χ3n) is 25.9. The van der Waals surface area contributed by atoms with E-state index in [1.54, 1.807) is 0 Å². The number of hydrogen-bond donors (Lipinski definition) is 0. The van der Waals surface area contributed by atoms with Gasteiger partial charge in [0.2, 0.25) is 17.3 Å². The fourth-order valence-electron chi connectivity index (χ4n) is 20.5. The van der Waals surface area contributed by atoms with Crippen LogP contribution in [0.25, 0.3) is 173 Å². The van der Waals surface area contributed by atoms with Crippen LogP contribution in [0.15, 0.2) is 429 Å². The lowest BCUT2D eigenvalue weighted by Gasteiger charge is -2.35. The zero-order chi connectivity index (χ0) is 81.3. The average molecular weight is 1620 g/mol. The summed E-state index contributed by atoms with van der Waals surface area (Å²) in [7, 11) is -6.27. The minimum atomic E-state index is -3.40. The second kappa shape index (κ2) is 27.1. The van der Waals surface area contributed by atoms with Crippen LogP contribution in [0, 0.1) is 0 Å². The number of furan rings is 1. The fourth-order valence-corrected chi connectivity index (χ4v) is 30.0. The third-order valence-corrected chi connectivity index (χ3v) is 35.4. The summed E-state index contributed by atoms with van der Waals surface area (Å²) >= 11 is 0.